The fourth-order valence-corrected chi connectivity index (χ4v) is 6.90. The third-order valence-electron chi connectivity index (χ3n) is 8.42. The van der Waals surface area contributed by atoms with Crippen molar-refractivity contribution in [2.45, 2.75) is 23.6 Å². The Labute approximate surface area is 307 Å². The number of aryl methyl sites for hydroxylation is 2. The molecule has 0 unspecified atom stereocenters. The van der Waals surface area contributed by atoms with E-state index < -0.39 is 47.9 Å². The number of phenolic OH excluding ortho intramolecular Hbond substituents is 2. The highest BCUT2D eigenvalue weighted by molar-refractivity contribution is 7.86. The first-order valence-corrected chi connectivity index (χ1v) is 18.7. The summed E-state index contributed by atoms with van der Waals surface area (Å²) < 4.78 is 66.6. The fourth-order valence-electron chi connectivity index (χ4n) is 5.81. The van der Waals surface area contributed by atoms with E-state index in [1.807, 2.05) is 0 Å². The summed E-state index contributed by atoms with van der Waals surface area (Å²) in [5, 5.41) is 32.2. The van der Waals surface area contributed by atoms with Crippen LogP contribution in [-0.4, -0.2) is 54.0 Å². The molecule has 8 N–H and O–H groups in total. The standard InChI is InChI=1S/C37H30N4O11S2/c1-19-13-23(35(44)38-29-17-25(53(47,48)49)15-21-5-3-7-31(42)33(21)29)9-11-27(19)40-37(46)41-28-12-10-24(14-20(28)2)36(45)39-30-18-26(54(50,51)52)16-22-6-4-8-32(43)34(22)30/h3-18,42-43H,1-2H3,(H,38,44)(H,39,45)(H2,40,41,46)(H,47,48,49)(H,50,51,52). The van der Waals surface area contributed by atoms with Crippen LogP contribution in [0.1, 0.15) is 31.8 Å². The van der Waals surface area contributed by atoms with Crippen molar-refractivity contribution in [3.05, 3.63) is 119 Å². The maximum absolute atomic E-state index is 13.2. The van der Waals surface area contributed by atoms with Crippen molar-refractivity contribution in [2.24, 2.45) is 0 Å². The Bertz CT molecular complexity index is 2600. The molecule has 17 heteroatoms. The first-order valence-electron chi connectivity index (χ1n) is 15.8. The third-order valence-corrected chi connectivity index (χ3v) is 10.1. The molecule has 54 heavy (non-hydrogen) atoms. The van der Waals surface area contributed by atoms with Crippen LogP contribution in [-0.2, 0) is 20.2 Å². The van der Waals surface area contributed by atoms with Gasteiger partial charge in [0, 0.05) is 33.3 Å². The number of benzene rings is 6. The van der Waals surface area contributed by atoms with E-state index in [1.54, 1.807) is 13.8 Å². The summed E-state index contributed by atoms with van der Waals surface area (Å²) in [6, 6.07) is 21.2. The van der Waals surface area contributed by atoms with Crippen molar-refractivity contribution in [3.63, 3.8) is 0 Å². The lowest BCUT2D eigenvalue weighted by molar-refractivity contribution is 0.101. The van der Waals surface area contributed by atoms with Gasteiger partial charge in [0.2, 0.25) is 0 Å². The molecule has 0 aliphatic carbocycles. The molecular formula is C37H30N4O11S2. The Hall–Kier alpha value is -6.53. The molecule has 276 valence electrons. The number of fused-ring (bicyclic) bond motifs is 2. The van der Waals surface area contributed by atoms with Crippen LogP contribution in [0.3, 0.4) is 0 Å². The van der Waals surface area contributed by atoms with Crippen LogP contribution >= 0.6 is 0 Å². The predicted molar refractivity (Wildman–Crippen MR) is 202 cm³/mol. The minimum Gasteiger partial charge on any atom is -0.507 e. The second kappa shape index (κ2) is 14.1. The molecule has 4 amide bonds. The number of carbonyl (C=O) groups excluding carboxylic acids is 3. The summed E-state index contributed by atoms with van der Waals surface area (Å²) >= 11 is 0. The Morgan fingerprint density at radius 2 is 0.889 bits per heavy atom. The third kappa shape index (κ3) is 7.79. The zero-order valence-electron chi connectivity index (χ0n) is 28.2. The molecule has 0 fully saturated rings. The van der Waals surface area contributed by atoms with E-state index in [9.17, 15) is 50.5 Å². The summed E-state index contributed by atoms with van der Waals surface area (Å²) in [5.74, 6) is -1.78. The van der Waals surface area contributed by atoms with Gasteiger partial charge in [0.15, 0.2) is 0 Å². The van der Waals surface area contributed by atoms with Gasteiger partial charge < -0.3 is 31.5 Å². The summed E-state index contributed by atoms with van der Waals surface area (Å²) in [4.78, 5) is 38.5. The minimum atomic E-state index is -4.64. The van der Waals surface area contributed by atoms with Crippen molar-refractivity contribution in [2.75, 3.05) is 21.3 Å². The minimum absolute atomic E-state index is 0.0551. The number of hydrogen-bond acceptors (Lipinski definition) is 9. The second-order valence-corrected chi connectivity index (χ2v) is 15.0. The van der Waals surface area contributed by atoms with Gasteiger partial charge in [0.25, 0.3) is 32.1 Å². The highest BCUT2D eigenvalue weighted by Crippen LogP contribution is 2.36. The van der Waals surface area contributed by atoms with Gasteiger partial charge in [-0.15, -0.1) is 0 Å². The van der Waals surface area contributed by atoms with Gasteiger partial charge in [-0.05, 0) is 109 Å². The highest BCUT2D eigenvalue weighted by atomic mass is 32.2. The molecule has 0 aliphatic heterocycles. The van der Waals surface area contributed by atoms with E-state index >= 15 is 0 Å². The maximum Gasteiger partial charge on any atom is 0.323 e. The molecule has 0 atom stereocenters. The molecule has 0 heterocycles. The first-order chi connectivity index (χ1) is 25.4. The SMILES string of the molecule is Cc1cc(C(=O)Nc2cc(S(=O)(=O)O)cc3cccc(O)c23)ccc1NC(=O)Nc1ccc(C(=O)Nc2cc(S(=O)(=O)O)cc3cccc(O)c23)cc1C. The predicted octanol–water partition coefficient (Wildman–Crippen LogP) is 6.66. The zero-order valence-corrected chi connectivity index (χ0v) is 29.8. The summed E-state index contributed by atoms with van der Waals surface area (Å²) in [6.45, 7) is 3.28. The Balaban J connectivity index is 1.15. The number of anilines is 4. The number of amides is 4. The topological polar surface area (TPSA) is 249 Å². The summed E-state index contributed by atoms with van der Waals surface area (Å²) in [7, 11) is -9.28. The average Bonchev–Trinajstić information content (AvgIpc) is 3.09. The van der Waals surface area contributed by atoms with Gasteiger partial charge in [0.1, 0.15) is 11.5 Å². The number of hydrogen-bond donors (Lipinski definition) is 8. The molecule has 0 aliphatic rings. The zero-order chi connectivity index (χ0) is 39.1. The largest absolute Gasteiger partial charge is 0.507 e. The summed E-state index contributed by atoms with van der Waals surface area (Å²) in [6.07, 6.45) is 0. The maximum atomic E-state index is 13.2. The van der Waals surface area contributed by atoms with E-state index in [1.165, 1.54) is 72.8 Å². The molecule has 0 aromatic heterocycles. The lowest BCUT2D eigenvalue weighted by atomic mass is 10.1. The van der Waals surface area contributed by atoms with Crippen LogP contribution in [0, 0.1) is 13.8 Å². The molecule has 0 saturated heterocycles. The molecule has 0 saturated carbocycles. The average molecular weight is 771 g/mol. The van der Waals surface area contributed by atoms with Crippen LogP contribution in [0.15, 0.2) is 107 Å². The van der Waals surface area contributed by atoms with Gasteiger partial charge in [-0.3, -0.25) is 18.7 Å². The van der Waals surface area contributed by atoms with Gasteiger partial charge in [-0.2, -0.15) is 16.8 Å². The summed E-state index contributed by atoms with van der Waals surface area (Å²) in [5.41, 5.74) is 1.82. The van der Waals surface area contributed by atoms with Crippen LogP contribution in [0.25, 0.3) is 21.5 Å². The number of rotatable bonds is 8. The van der Waals surface area contributed by atoms with Crippen LogP contribution in [0.5, 0.6) is 11.5 Å². The molecule has 0 bridgehead atoms. The highest BCUT2D eigenvalue weighted by Gasteiger charge is 2.20. The number of aromatic hydroxyl groups is 2. The monoisotopic (exact) mass is 770 g/mol. The van der Waals surface area contributed by atoms with E-state index in [-0.39, 0.29) is 55.5 Å². The fraction of sp³-hybridized carbons (Fsp3) is 0.0541. The normalized spacial score (nSPS) is 11.6. The van der Waals surface area contributed by atoms with Crippen LogP contribution < -0.4 is 21.3 Å². The van der Waals surface area contributed by atoms with E-state index in [0.717, 1.165) is 24.3 Å². The van der Waals surface area contributed by atoms with Gasteiger partial charge in [-0.25, -0.2) is 4.79 Å². The van der Waals surface area contributed by atoms with Gasteiger partial charge >= 0.3 is 6.03 Å². The van der Waals surface area contributed by atoms with Crippen LogP contribution in [0.2, 0.25) is 0 Å². The van der Waals surface area contributed by atoms with Crippen molar-refractivity contribution in [3.8, 4) is 11.5 Å². The Morgan fingerprint density at radius 3 is 1.24 bits per heavy atom. The number of nitrogens with one attached hydrogen (secondary N) is 4. The van der Waals surface area contributed by atoms with Crippen molar-refractivity contribution >= 4 is 82.4 Å². The first kappa shape index (κ1) is 37.2. The molecule has 6 rings (SSSR count). The van der Waals surface area contributed by atoms with E-state index in [0.29, 0.717) is 22.5 Å². The molecule has 0 radical (unpaired) electrons. The van der Waals surface area contributed by atoms with Gasteiger partial charge in [-0.1, -0.05) is 24.3 Å². The number of urea groups is 1. The number of phenols is 2. The van der Waals surface area contributed by atoms with E-state index in [4.69, 9.17) is 0 Å². The molecule has 15 nitrogen and oxygen atoms in total. The second-order valence-electron chi connectivity index (χ2n) is 12.2. The molecule has 0 spiro atoms. The lowest BCUT2D eigenvalue weighted by Crippen LogP contribution is -2.21. The molecule has 6 aromatic carbocycles. The smallest absolute Gasteiger partial charge is 0.323 e. The van der Waals surface area contributed by atoms with Crippen LogP contribution in [0.4, 0.5) is 27.5 Å². The van der Waals surface area contributed by atoms with Crippen molar-refractivity contribution in [1.29, 1.82) is 0 Å². The van der Waals surface area contributed by atoms with Crippen molar-refractivity contribution in [1.82, 2.24) is 0 Å². The van der Waals surface area contributed by atoms with E-state index in [2.05, 4.69) is 21.3 Å². The van der Waals surface area contributed by atoms with Gasteiger partial charge in [0.05, 0.1) is 21.2 Å². The Morgan fingerprint density at radius 1 is 0.500 bits per heavy atom. The lowest BCUT2D eigenvalue weighted by Gasteiger charge is -2.15. The Kier molecular flexibility index (Phi) is 9.74. The molecular weight excluding hydrogens is 741 g/mol. The quantitative estimate of drug-likeness (QED) is 0.0760. The molecule has 6 aromatic rings. The van der Waals surface area contributed by atoms with Crippen molar-refractivity contribution < 1.29 is 50.5 Å². The number of carbonyl (C=O) groups is 3.